The minimum Gasteiger partial charge on any atom is -0.497 e. The van der Waals surface area contributed by atoms with Gasteiger partial charge in [-0.1, -0.05) is 18.2 Å². The van der Waals surface area contributed by atoms with Crippen molar-refractivity contribution in [2.45, 2.75) is 13.0 Å². The molecule has 4 nitrogen and oxygen atoms in total. The summed E-state index contributed by atoms with van der Waals surface area (Å²) in [6.45, 7) is 1.91. The number of rotatable bonds is 5. The van der Waals surface area contributed by atoms with Gasteiger partial charge in [0.2, 0.25) is 0 Å². The lowest BCUT2D eigenvalue weighted by molar-refractivity contribution is 0.0939. The zero-order chi connectivity index (χ0) is 15.2. The van der Waals surface area contributed by atoms with E-state index in [4.69, 9.17) is 9.47 Å². The fraction of sp³-hybridized carbons (Fsp3) is 0.235. The van der Waals surface area contributed by atoms with E-state index in [-0.39, 0.29) is 11.9 Å². The normalized spacial score (nSPS) is 11.6. The van der Waals surface area contributed by atoms with Gasteiger partial charge >= 0.3 is 0 Å². The minimum atomic E-state index is -0.192. The molecule has 2 aromatic carbocycles. The standard InChI is InChI=1S/C17H19NO3/c1-12(18-17(19)13-7-5-4-6-8-13)15-11-14(20-2)9-10-16(15)21-3/h4-12H,1-3H3,(H,18,19)/t12-/m1/s1. The lowest BCUT2D eigenvalue weighted by atomic mass is 10.1. The van der Waals surface area contributed by atoms with E-state index in [9.17, 15) is 4.79 Å². The predicted octanol–water partition coefficient (Wildman–Crippen LogP) is 3.19. The fourth-order valence-electron chi connectivity index (χ4n) is 2.13. The van der Waals surface area contributed by atoms with Crippen LogP contribution in [0.25, 0.3) is 0 Å². The van der Waals surface area contributed by atoms with Crippen molar-refractivity contribution in [3.05, 3.63) is 59.7 Å². The molecule has 0 aromatic heterocycles. The molecule has 0 aliphatic rings. The number of hydrogen-bond acceptors (Lipinski definition) is 3. The molecule has 4 heteroatoms. The van der Waals surface area contributed by atoms with Crippen LogP contribution in [0.2, 0.25) is 0 Å². The molecule has 0 saturated heterocycles. The number of nitrogens with one attached hydrogen (secondary N) is 1. The van der Waals surface area contributed by atoms with Gasteiger partial charge in [0.25, 0.3) is 5.91 Å². The number of carbonyl (C=O) groups is 1. The van der Waals surface area contributed by atoms with E-state index in [2.05, 4.69) is 5.32 Å². The third kappa shape index (κ3) is 3.54. The Morgan fingerprint density at radius 2 is 1.76 bits per heavy atom. The van der Waals surface area contributed by atoms with E-state index in [0.717, 1.165) is 17.1 Å². The second-order valence-corrected chi connectivity index (χ2v) is 4.67. The first-order chi connectivity index (χ1) is 10.2. The molecule has 0 spiro atoms. The van der Waals surface area contributed by atoms with Crippen LogP contribution in [0.1, 0.15) is 28.9 Å². The van der Waals surface area contributed by atoms with Gasteiger partial charge < -0.3 is 14.8 Å². The molecule has 0 bridgehead atoms. The van der Waals surface area contributed by atoms with E-state index >= 15 is 0 Å². The molecule has 110 valence electrons. The Labute approximate surface area is 124 Å². The summed E-state index contributed by atoms with van der Waals surface area (Å²) in [7, 11) is 3.22. The number of carbonyl (C=O) groups excluding carboxylic acids is 1. The minimum absolute atomic E-state index is 0.118. The Bertz CT molecular complexity index is 611. The lowest BCUT2D eigenvalue weighted by Crippen LogP contribution is -2.26. The summed E-state index contributed by atoms with van der Waals surface area (Å²) in [5, 5.41) is 2.96. The van der Waals surface area contributed by atoms with Crippen molar-refractivity contribution in [2.24, 2.45) is 0 Å². The van der Waals surface area contributed by atoms with Crippen molar-refractivity contribution < 1.29 is 14.3 Å². The van der Waals surface area contributed by atoms with Crippen LogP contribution in [0.4, 0.5) is 0 Å². The molecule has 2 rings (SSSR count). The van der Waals surface area contributed by atoms with Crippen LogP contribution in [0.5, 0.6) is 11.5 Å². The second kappa shape index (κ2) is 6.79. The first-order valence-electron chi connectivity index (χ1n) is 6.73. The van der Waals surface area contributed by atoms with Gasteiger partial charge in [-0.3, -0.25) is 4.79 Å². The van der Waals surface area contributed by atoms with Gasteiger partial charge in [0, 0.05) is 11.1 Å². The summed E-state index contributed by atoms with van der Waals surface area (Å²) < 4.78 is 10.6. The highest BCUT2D eigenvalue weighted by Gasteiger charge is 2.16. The first-order valence-corrected chi connectivity index (χ1v) is 6.73. The molecule has 0 radical (unpaired) electrons. The van der Waals surface area contributed by atoms with E-state index in [0.29, 0.717) is 5.56 Å². The summed E-state index contributed by atoms with van der Waals surface area (Å²) in [6.07, 6.45) is 0. The highest BCUT2D eigenvalue weighted by molar-refractivity contribution is 5.94. The van der Waals surface area contributed by atoms with Crippen molar-refractivity contribution in [1.29, 1.82) is 0 Å². The smallest absolute Gasteiger partial charge is 0.251 e. The van der Waals surface area contributed by atoms with Crippen molar-refractivity contribution in [3.8, 4) is 11.5 Å². The highest BCUT2D eigenvalue weighted by Crippen LogP contribution is 2.29. The first kappa shape index (κ1) is 14.9. The van der Waals surface area contributed by atoms with Gasteiger partial charge in [-0.25, -0.2) is 0 Å². The molecule has 1 N–H and O–H groups in total. The maximum Gasteiger partial charge on any atom is 0.251 e. The van der Waals surface area contributed by atoms with Gasteiger partial charge in [-0.05, 0) is 37.3 Å². The number of ether oxygens (including phenoxy) is 2. The summed E-state index contributed by atoms with van der Waals surface area (Å²) in [5.74, 6) is 1.33. The molecule has 0 saturated carbocycles. The zero-order valence-corrected chi connectivity index (χ0v) is 12.4. The Morgan fingerprint density at radius 3 is 2.38 bits per heavy atom. The average molecular weight is 285 g/mol. The van der Waals surface area contributed by atoms with Crippen LogP contribution >= 0.6 is 0 Å². The van der Waals surface area contributed by atoms with Crippen molar-refractivity contribution in [1.82, 2.24) is 5.32 Å². The number of amides is 1. The van der Waals surface area contributed by atoms with Crippen molar-refractivity contribution in [3.63, 3.8) is 0 Å². The van der Waals surface area contributed by atoms with Crippen LogP contribution in [0.15, 0.2) is 48.5 Å². The quantitative estimate of drug-likeness (QED) is 0.917. The molecule has 0 aliphatic carbocycles. The number of methoxy groups -OCH3 is 2. The zero-order valence-electron chi connectivity index (χ0n) is 12.4. The summed E-state index contributed by atoms with van der Waals surface area (Å²) in [5.41, 5.74) is 1.51. The highest BCUT2D eigenvalue weighted by atomic mass is 16.5. The molecule has 0 heterocycles. The third-order valence-electron chi connectivity index (χ3n) is 3.29. The van der Waals surface area contributed by atoms with E-state index in [1.165, 1.54) is 0 Å². The average Bonchev–Trinajstić information content (AvgIpc) is 2.54. The van der Waals surface area contributed by atoms with Gasteiger partial charge in [0.05, 0.1) is 20.3 Å². The topological polar surface area (TPSA) is 47.6 Å². The van der Waals surface area contributed by atoms with Crippen molar-refractivity contribution >= 4 is 5.91 Å². The Hall–Kier alpha value is -2.49. The van der Waals surface area contributed by atoms with Crippen LogP contribution in [0, 0.1) is 0 Å². The lowest BCUT2D eigenvalue weighted by Gasteiger charge is -2.18. The summed E-state index contributed by atoms with van der Waals surface area (Å²) >= 11 is 0. The predicted molar refractivity (Wildman–Crippen MR) is 81.9 cm³/mol. The molecule has 1 atom stereocenters. The van der Waals surface area contributed by atoms with Crippen LogP contribution in [-0.4, -0.2) is 20.1 Å². The Morgan fingerprint density at radius 1 is 1.05 bits per heavy atom. The maximum atomic E-state index is 12.2. The number of hydrogen-bond donors (Lipinski definition) is 1. The SMILES string of the molecule is COc1ccc(OC)c([C@@H](C)NC(=O)c2ccccc2)c1. The summed E-state index contributed by atoms with van der Waals surface area (Å²) in [6, 6.07) is 14.5. The van der Waals surface area contributed by atoms with Gasteiger partial charge in [-0.15, -0.1) is 0 Å². The monoisotopic (exact) mass is 285 g/mol. The molecule has 0 aliphatic heterocycles. The van der Waals surface area contributed by atoms with Crippen LogP contribution in [-0.2, 0) is 0 Å². The van der Waals surface area contributed by atoms with Crippen molar-refractivity contribution in [2.75, 3.05) is 14.2 Å². The molecule has 2 aromatic rings. The Kier molecular flexibility index (Phi) is 4.82. The molecule has 21 heavy (non-hydrogen) atoms. The van der Waals surface area contributed by atoms with Crippen LogP contribution < -0.4 is 14.8 Å². The van der Waals surface area contributed by atoms with Gasteiger partial charge in [-0.2, -0.15) is 0 Å². The maximum absolute atomic E-state index is 12.2. The van der Waals surface area contributed by atoms with Gasteiger partial charge in [0.1, 0.15) is 11.5 Å². The molecular formula is C17H19NO3. The third-order valence-corrected chi connectivity index (χ3v) is 3.29. The second-order valence-electron chi connectivity index (χ2n) is 4.67. The van der Waals surface area contributed by atoms with E-state index in [1.54, 1.807) is 26.4 Å². The summed E-state index contributed by atoms with van der Waals surface area (Å²) in [4.78, 5) is 12.2. The number of benzene rings is 2. The van der Waals surface area contributed by atoms with E-state index in [1.807, 2.05) is 43.3 Å². The van der Waals surface area contributed by atoms with E-state index < -0.39 is 0 Å². The molecule has 1 amide bonds. The van der Waals surface area contributed by atoms with Crippen LogP contribution in [0.3, 0.4) is 0 Å². The fourth-order valence-corrected chi connectivity index (χ4v) is 2.13. The molecule has 0 unspecified atom stereocenters. The largest absolute Gasteiger partial charge is 0.497 e. The Balaban J connectivity index is 2.20. The van der Waals surface area contributed by atoms with Gasteiger partial charge in [0.15, 0.2) is 0 Å². The molecule has 0 fully saturated rings. The molecular weight excluding hydrogens is 266 g/mol.